The number of nitrogens with one attached hydrogen (secondary N) is 1. The lowest BCUT2D eigenvalue weighted by molar-refractivity contribution is -0.123. The Morgan fingerprint density at radius 3 is 2.43 bits per heavy atom. The maximum atomic E-state index is 12.1. The molecule has 0 aliphatic heterocycles. The predicted molar refractivity (Wildman–Crippen MR) is 95.3 cm³/mol. The van der Waals surface area contributed by atoms with Crippen LogP contribution in [0.25, 0.3) is 0 Å². The van der Waals surface area contributed by atoms with Gasteiger partial charge in [0.05, 0.1) is 6.04 Å². The standard InChI is InChI=1S/C16H26N2OS.ClH/c1-12(18-15(19)14(17)10-11-20-4)16(2,3)13-8-6-5-7-9-13;/h5-9,12,14H,10-11,17H2,1-4H3,(H,18,19);1H/t12?,14-;/m0./s1. The number of carbonyl (C=O) groups excluding carboxylic acids is 1. The summed E-state index contributed by atoms with van der Waals surface area (Å²) in [4.78, 5) is 12.1. The van der Waals surface area contributed by atoms with Crippen LogP contribution in [-0.4, -0.2) is 30.0 Å². The number of thioether (sulfide) groups is 1. The highest BCUT2D eigenvalue weighted by molar-refractivity contribution is 7.98. The number of amides is 1. The van der Waals surface area contributed by atoms with Crippen LogP contribution in [0.2, 0.25) is 0 Å². The zero-order valence-electron chi connectivity index (χ0n) is 13.3. The normalized spacial score (nSPS) is 14.0. The molecular weight excluding hydrogens is 304 g/mol. The zero-order chi connectivity index (χ0) is 15.2. The number of hydrogen-bond donors (Lipinski definition) is 2. The van der Waals surface area contributed by atoms with Crippen LogP contribution in [0.15, 0.2) is 30.3 Å². The van der Waals surface area contributed by atoms with Gasteiger partial charge in [0, 0.05) is 11.5 Å². The van der Waals surface area contributed by atoms with Crippen molar-refractivity contribution in [1.82, 2.24) is 5.32 Å². The summed E-state index contributed by atoms with van der Waals surface area (Å²) in [5.74, 6) is 0.848. The molecule has 0 bridgehead atoms. The molecule has 1 rings (SSSR count). The van der Waals surface area contributed by atoms with Crippen LogP contribution in [-0.2, 0) is 10.2 Å². The number of halogens is 1. The molecule has 3 nitrogen and oxygen atoms in total. The van der Waals surface area contributed by atoms with E-state index in [9.17, 15) is 4.79 Å². The number of carbonyl (C=O) groups is 1. The average molecular weight is 331 g/mol. The third-order valence-electron chi connectivity index (χ3n) is 3.93. The minimum Gasteiger partial charge on any atom is -0.351 e. The summed E-state index contributed by atoms with van der Waals surface area (Å²) >= 11 is 1.71. The summed E-state index contributed by atoms with van der Waals surface area (Å²) in [7, 11) is 0. The van der Waals surface area contributed by atoms with Crippen LogP contribution >= 0.6 is 24.2 Å². The fourth-order valence-electron chi connectivity index (χ4n) is 1.99. The Labute approximate surface area is 138 Å². The van der Waals surface area contributed by atoms with Gasteiger partial charge in [-0.3, -0.25) is 4.79 Å². The summed E-state index contributed by atoms with van der Waals surface area (Å²) in [5, 5.41) is 3.05. The van der Waals surface area contributed by atoms with E-state index in [0.29, 0.717) is 6.42 Å². The van der Waals surface area contributed by atoms with Crippen LogP contribution in [0.1, 0.15) is 32.8 Å². The Kier molecular flexibility index (Phi) is 9.02. The summed E-state index contributed by atoms with van der Waals surface area (Å²) in [6, 6.07) is 9.84. The van der Waals surface area contributed by atoms with Crippen LogP contribution < -0.4 is 11.1 Å². The van der Waals surface area contributed by atoms with Crippen LogP contribution in [0.4, 0.5) is 0 Å². The highest BCUT2D eigenvalue weighted by Gasteiger charge is 2.29. The third kappa shape index (κ3) is 5.89. The van der Waals surface area contributed by atoms with E-state index in [1.807, 2.05) is 31.4 Å². The van der Waals surface area contributed by atoms with Gasteiger partial charge in [-0.1, -0.05) is 44.2 Å². The lowest BCUT2D eigenvalue weighted by atomic mass is 9.78. The third-order valence-corrected chi connectivity index (χ3v) is 4.57. The molecule has 0 radical (unpaired) electrons. The molecule has 0 aromatic heterocycles. The van der Waals surface area contributed by atoms with Gasteiger partial charge < -0.3 is 11.1 Å². The van der Waals surface area contributed by atoms with Gasteiger partial charge in [0.15, 0.2) is 0 Å². The minimum absolute atomic E-state index is 0. The average Bonchev–Trinajstić information content (AvgIpc) is 2.45. The summed E-state index contributed by atoms with van der Waals surface area (Å²) in [5.41, 5.74) is 6.99. The monoisotopic (exact) mass is 330 g/mol. The van der Waals surface area contributed by atoms with E-state index >= 15 is 0 Å². The Morgan fingerprint density at radius 2 is 1.90 bits per heavy atom. The van der Waals surface area contributed by atoms with E-state index in [2.05, 4.69) is 31.3 Å². The lowest BCUT2D eigenvalue weighted by Gasteiger charge is -2.33. The number of hydrogen-bond acceptors (Lipinski definition) is 3. The van der Waals surface area contributed by atoms with Crippen LogP contribution in [0.3, 0.4) is 0 Å². The smallest absolute Gasteiger partial charge is 0.237 e. The molecule has 3 N–H and O–H groups in total. The maximum absolute atomic E-state index is 12.1. The SMILES string of the molecule is CSCC[C@H](N)C(=O)NC(C)C(C)(C)c1ccccc1.Cl. The van der Waals surface area contributed by atoms with Crippen molar-refractivity contribution >= 4 is 30.1 Å². The van der Waals surface area contributed by atoms with Crippen molar-refractivity contribution in [3.63, 3.8) is 0 Å². The minimum atomic E-state index is -0.420. The molecule has 120 valence electrons. The molecule has 1 unspecified atom stereocenters. The summed E-state index contributed by atoms with van der Waals surface area (Å²) in [6.07, 6.45) is 2.73. The Hall–Kier alpha value is -0.710. The molecule has 0 heterocycles. The van der Waals surface area contributed by atoms with Gasteiger partial charge in [0.2, 0.25) is 5.91 Å². The number of nitrogens with two attached hydrogens (primary N) is 1. The summed E-state index contributed by atoms with van der Waals surface area (Å²) < 4.78 is 0. The second-order valence-electron chi connectivity index (χ2n) is 5.71. The molecule has 1 amide bonds. The largest absolute Gasteiger partial charge is 0.351 e. The molecule has 2 atom stereocenters. The topological polar surface area (TPSA) is 55.1 Å². The van der Waals surface area contributed by atoms with Crippen molar-refractivity contribution in [2.75, 3.05) is 12.0 Å². The van der Waals surface area contributed by atoms with Gasteiger partial charge in [-0.05, 0) is 30.9 Å². The Balaban J connectivity index is 0.00000400. The molecule has 0 spiro atoms. The molecule has 0 aliphatic rings. The highest BCUT2D eigenvalue weighted by Crippen LogP contribution is 2.26. The second kappa shape index (κ2) is 9.34. The van der Waals surface area contributed by atoms with Gasteiger partial charge in [0.1, 0.15) is 0 Å². The molecule has 0 saturated heterocycles. The van der Waals surface area contributed by atoms with Gasteiger partial charge in [-0.15, -0.1) is 12.4 Å². The van der Waals surface area contributed by atoms with Gasteiger partial charge in [-0.2, -0.15) is 11.8 Å². The van der Waals surface area contributed by atoms with Crippen molar-refractivity contribution in [2.45, 2.75) is 44.7 Å². The van der Waals surface area contributed by atoms with E-state index < -0.39 is 6.04 Å². The molecular formula is C16H27ClN2OS. The molecule has 0 saturated carbocycles. The van der Waals surface area contributed by atoms with Crippen molar-refractivity contribution < 1.29 is 4.79 Å². The Morgan fingerprint density at radius 1 is 1.33 bits per heavy atom. The molecule has 21 heavy (non-hydrogen) atoms. The first-order valence-corrected chi connectivity index (χ1v) is 8.39. The first-order valence-electron chi connectivity index (χ1n) is 7.00. The molecule has 0 fully saturated rings. The summed E-state index contributed by atoms with van der Waals surface area (Å²) in [6.45, 7) is 6.31. The molecule has 1 aromatic rings. The highest BCUT2D eigenvalue weighted by atomic mass is 35.5. The van der Waals surface area contributed by atoms with Gasteiger partial charge in [0.25, 0.3) is 0 Å². The molecule has 5 heteroatoms. The first-order chi connectivity index (χ1) is 9.39. The van der Waals surface area contributed by atoms with E-state index in [-0.39, 0.29) is 29.8 Å². The fraction of sp³-hybridized carbons (Fsp3) is 0.562. The van der Waals surface area contributed by atoms with Gasteiger partial charge in [-0.25, -0.2) is 0 Å². The van der Waals surface area contributed by atoms with E-state index in [1.54, 1.807) is 11.8 Å². The zero-order valence-corrected chi connectivity index (χ0v) is 14.9. The van der Waals surface area contributed by atoms with E-state index in [4.69, 9.17) is 5.73 Å². The van der Waals surface area contributed by atoms with Crippen LogP contribution in [0, 0.1) is 0 Å². The van der Waals surface area contributed by atoms with Crippen molar-refractivity contribution in [3.8, 4) is 0 Å². The second-order valence-corrected chi connectivity index (χ2v) is 6.69. The van der Waals surface area contributed by atoms with E-state index in [0.717, 1.165) is 5.75 Å². The van der Waals surface area contributed by atoms with Crippen molar-refractivity contribution in [2.24, 2.45) is 5.73 Å². The van der Waals surface area contributed by atoms with Crippen molar-refractivity contribution in [1.29, 1.82) is 0 Å². The van der Waals surface area contributed by atoms with E-state index in [1.165, 1.54) is 5.56 Å². The predicted octanol–water partition coefficient (Wildman–Crippen LogP) is 2.97. The quantitative estimate of drug-likeness (QED) is 0.808. The lowest BCUT2D eigenvalue weighted by Crippen LogP contribution is -2.51. The maximum Gasteiger partial charge on any atom is 0.237 e. The Bertz CT molecular complexity index is 426. The van der Waals surface area contributed by atoms with Crippen LogP contribution in [0.5, 0.6) is 0 Å². The number of rotatable bonds is 7. The molecule has 1 aromatic carbocycles. The first kappa shape index (κ1) is 20.3. The fourth-order valence-corrected chi connectivity index (χ4v) is 2.48. The van der Waals surface area contributed by atoms with Gasteiger partial charge >= 0.3 is 0 Å². The van der Waals surface area contributed by atoms with Crippen molar-refractivity contribution in [3.05, 3.63) is 35.9 Å². The number of benzene rings is 1. The molecule has 0 aliphatic carbocycles.